The Balaban J connectivity index is 2.03. The second-order valence-corrected chi connectivity index (χ2v) is 5.15. The first-order valence-electron chi connectivity index (χ1n) is 6.32. The number of halogens is 1. The molecule has 0 bridgehead atoms. The predicted octanol–water partition coefficient (Wildman–Crippen LogP) is 3.61. The summed E-state index contributed by atoms with van der Waals surface area (Å²) in [6.45, 7) is 1.43. The zero-order chi connectivity index (χ0) is 15.0. The third-order valence-corrected chi connectivity index (χ3v) is 3.32. The summed E-state index contributed by atoms with van der Waals surface area (Å²) in [5.41, 5.74) is 3.10. The monoisotopic (exact) mass is 301 g/mol. The molecule has 1 heterocycles. The van der Waals surface area contributed by atoms with E-state index in [1.807, 2.05) is 0 Å². The van der Waals surface area contributed by atoms with Gasteiger partial charge in [-0.1, -0.05) is 11.6 Å². The van der Waals surface area contributed by atoms with E-state index >= 15 is 0 Å². The van der Waals surface area contributed by atoms with Crippen molar-refractivity contribution in [2.45, 2.75) is 6.92 Å². The molecule has 0 radical (unpaired) electrons. The van der Waals surface area contributed by atoms with Crippen molar-refractivity contribution in [2.24, 2.45) is 0 Å². The smallest absolute Gasteiger partial charge is 0.257 e. The molecule has 0 saturated carbocycles. The van der Waals surface area contributed by atoms with Crippen LogP contribution in [0.5, 0.6) is 0 Å². The Kier molecular flexibility index (Phi) is 3.27. The predicted molar refractivity (Wildman–Crippen MR) is 83.4 cm³/mol. The van der Waals surface area contributed by atoms with Gasteiger partial charge in [-0.25, -0.2) is 0 Å². The SMILES string of the molecule is CC(=O)Nc1ccc2c(c1)NC(=O)c1ccc(Cl)cc1N2. The molecule has 0 atom stereocenters. The molecule has 2 aromatic carbocycles. The van der Waals surface area contributed by atoms with Crippen LogP contribution in [0.25, 0.3) is 0 Å². The number of fused-ring (bicyclic) bond motifs is 2. The number of benzene rings is 2. The Morgan fingerprint density at radius 2 is 1.86 bits per heavy atom. The number of nitrogens with one attached hydrogen (secondary N) is 3. The average molecular weight is 302 g/mol. The molecule has 0 saturated heterocycles. The first-order chi connectivity index (χ1) is 10.0. The Morgan fingerprint density at radius 1 is 1.05 bits per heavy atom. The van der Waals surface area contributed by atoms with Gasteiger partial charge in [-0.3, -0.25) is 9.59 Å². The van der Waals surface area contributed by atoms with Crippen molar-refractivity contribution < 1.29 is 9.59 Å². The molecule has 3 N–H and O–H groups in total. The summed E-state index contributed by atoms with van der Waals surface area (Å²) in [5, 5.41) is 9.22. The standard InChI is InChI=1S/C15H12ClN3O2/c1-8(20)17-10-3-5-12-14(7-10)19-15(21)11-4-2-9(16)6-13(11)18-12/h2-7,18H,1H3,(H,17,20)(H,19,21). The van der Waals surface area contributed by atoms with E-state index in [0.717, 1.165) is 5.69 Å². The van der Waals surface area contributed by atoms with E-state index in [2.05, 4.69) is 16.0 Å². The van der Waals surface area contributed by atoms with Crippen LogP contribution in [0.1, 0.15) is 17.3 Å². The number of hydrogen-bond donors (Lipinski definition) is 3. The minimum Gasteiger partial charge on any atom is -0.353 e. The molecule has 0 fully saturated rings. The number of rotatable bonds is 1. The Bertz CT molecular complexity index is 759. The van der Waals surface area contributed by atoms with Crippen molar-refractivity contribution in [1.29, 1.82) is 0 Å². The molecule has 2 amide bonds. The third-order valence-electron chi connectivity index (χ3n) is 3.08. The highest BCUT2D eigenvalue weighted by molar-refractivity contribution is 6.31. The molecule has 106 valence electrons. The van der Waals surface area contributed by atoms with Crippen LogP contribution in [-0.2, 0) is 4.79 Å². The van der Waals surface area contributed by atoms with Crippen LogP contribution in [0.2, 0.25) is 5.02 Å². The quantitative estimate of drug-likeness (QED) is 0.753. The molecule has 0 aromatic heterocycles. The maximum atomic E-state index is 12.2. The fourth-order valence-electron chi connectivity index (χ4n) is 2.19. The maximum Gasteiger partial charge on any atom is 0.257 e. The molecule has 0 aliphatic carbocycles. The van der Waals surface area contributed by atoms with Crippen LogP contribution in [0.3, 0.4) is 0 Å². The van der Waals surface area contributed by atoms with Crippen molar-refractivity contribution in [3.8, 4) is 0 Å². The van der Waals surface area contributed by atoms with Crippen LogP contribution < -0.4 is 16.0 Å². The van der Waals surface area contributed by atoms with E-state index in [1.165, 1.54) is 6.92 Å². The number of hydrogen-bond acceptors (Lipinski definition) is 3. The van der Waals surface area contributed by atoms with Gasteiger partial charge in [0.05, 0.1) is 22.6 Å². The largest absolute Gasteiger partial charge is 0.353 e. The molecule has 1 aliphatic heterocycles. The van der Waals surface area contributed by atoms with Crippen LogP contribution in [0.4, 0.5) is 22.7 Å². The van der Waals surface area contributed by atoms with Gasteiger partial charge in [0.25, 0.3) is 5.91 Å². The lowest BCUT2D eigenvalue weighted by atomic mass is 10.1. The molecule has 2 aromatic rings. The van der Waals surface area contributed by atoms with E-state index < -0.39 is 0 Å². The second kappa shape index (κ2) is 5.10. The van der Waals surface area contributed by atoms with Gasteiger partial charge in [0, 0.05) is 17.6 Å². The maximum absolute atomic E-state index is 12.2. The Morgan fingerprint density at radius 3 is 2.62 bits per heavy atom. The Labute approximate surface area is 126 Å². The molecule has 0 spiro atoms. The van der Waals surface area contributed by atoms with Crippen molar-refractivity contribution in [2.75, 3.05) is 16.0 Å². The molecular formula is C15H12ClN3O2. The fourth-order valence-corrected chi connectivity index (χ4v) is 2.36. The van der Waals surface area contributed by atoms with Gasteiger partial charge in [0.15, 0.2) is 0 Å². The van der Waals surface area contributed by atoms with Gasteiger partial charge in [0.1, 0.15) is 0 Å². The zero-order valence-electron chi connectivity index (χ0n) is 11.2. The number of carbonyl (C=O) groups excluding carboxylic acids is 2. The van der Waals surface area contributed by atoms with Crippen LogP contribution in [-0.4, -0.2) is 11.8 Å². The molecular weight excluding hydrogens is 290 g/mol. The number of carbonyl (C=O) groups is 2. The highest BCUT2D eigenvalue weighted by Gasteiger charge is 2.19. The van der Waals surface area contributed by atoms with E-state index in [1.54, 1.807) is 36.4 Å². The molecule has 3 rings (SSSR count). The lowest BCUT2D eigenvalue weighted by Gasteiger charge is -2.10. The molecule has 1 aliphatic rings. The minimum atomic E-state index is -0.229. The summed E-state index contributed by atoms with van der Waals surface area (Å²) in [4.78, 5) is 23.3. The summed E-state index contributed by atoms with van der Waals surface area (Å²) in [6.07, 6.45) is 0. The van der Waals surface area contributed by atoms with E-state index in [-0.39, 0.29) is 11.8 Å². The minimum absolute atomic E-state index is 0.169. The zero-order valence-corrected chi connectivity index (χ0v) is 11.9. The van der Waals surface area contributed by atoms with Gasteiger partial charge in [0.2, 0.25) is 5.91 Å². The van der Waals surface area contributed by atoms with Crippen LogP contribution in [0, 0.1) is 0 Å². The van der Waals surface area contributed by atoms with Crippen molar-refractivity contribution in [1.82, 2.24) is 0 Å². The van der Waals surface area contributed by atoms with E-state index in [9.17, 15) is 9.59 Å². The fraction of sp³-hybridized carbons (Fsp3) is 0.0667. The van der Waals surface area contributed by atoms with Crippen molar-refractivity contribution in [3.05, 3.63) is 47.0 Å². The first kappa shape index (κ1) is 13.5. The van der Waals surface area contributed by atoms with E-state index in [0.29, 0.717) is 27.6 Å². The molecule has 21 heavy (non-hydrogen) atoms. The number of amides is 2. The summed E-state index contributed by atoms with van der Waals surface area (Å²) in [7, 11) is 0. The highest BCUT2D eigenvalue weighted by Crippen LogP contribution is 2.34. The van der Waals surface area contributed by atoms with Gasteiger partial charge in [-0.05, 0) is 36.4 Å². The number of anilines is 4. The highest BCUT2D eigenvalue weighted by atomic mass is 35.5. The summed E-state index contributed by atoms with van der Waals surface area (Å²) < 4.78 is 0. The lowest BCUT2D eigenvalue weighted by Crippen LogP contribution is -2.11. The summed E-state index contributed by atoms with van der Waals surface area (Å²) in [5.74, 6) is -0.397. The summed E-state index contributed by atoms with van der Waals surface area (Å²) >= 11 is 5.97. The summed E-state index contributed by atoms with van der Waals surface area (Å²) in [6, 6.07) is 10.3. The van der Waals surface area contributed by atoms with Crippen LogP contribution in [0.15, 0.2) is 36.4 Å². The van der Waals surface area contributed by atoms with E-state index in [4.69, 9.17) is 11.6 Å². The third kappa shape index (κ3) is 2.68. The van der Waals surface area contributed by atoms with Gasteiger partial charge < -0.3 is 16.0 Å². The Hall–Kier alpha value is -2.53. The van der Waals surface area contributed by atoms with Gasteiger partial charge >= 0.3 is 0 Å². The van der Waals surface area contributed by atoms with Crippen LogP contribution >= 0.6 is 11.6 Å². The first-order valence-corrected chi connectivity index (χ1v) is 6.70. The van der Waals surface area contributed by atoms with Crippen molar-refractivity contribution >= 4 is 46.2 Å². The molecule has 5 nitrogen and oxygen atoms in total. The lowest BCUT2D eigenvalue weighted by molar-refractivity contribution is -0.114. The molecule has 0 unspecified atom stereocenters. The normalized spacial score (nSPS) is 12.4. The van der Waals surface area contributed by atoms with Crippen molar-refractivity contribution in [3.63, 3.8) is 0 Å². The molecule has 6 heteroatoms. The topological polar surface area (TPSA) is 70.2 Å². The van der Waals surface area contributed by atoms with Gasteiger partial charge in [-0.2, -0.15) is 0 Å². The second-order valence-electron chi connectivity index (χ2n) is 4.71. The van der Waals surface area contributed by atoms with Gasteiger partial charge in [-0.15, -0.1) is 0 Å². The average Bonchev–Trinajstić information content (AvgIpc) is 2.53.